The predicted molar refractivity (Wildman–Crippen MR) is 80.1 cm³/mol. The zero-order valence-electron chi connectivity index (χ0n) is 11.8. The molecule has 19 heavy (non-hydrogen) atoms. The number of hydrogen-bond donors (Lipinski definition) is 2. The van der Waals surface area contributed by atoms with Crippen molar-refractivity contribution in [2.75, 3.05) is 7.11 Å². The molecule has 3 nitrogen and oxygen atoms in total. The minimum atomic E-state index is -0.0903. The lowest BCUT2D eigenvalue weighted by Gasteiger charge is -2.46. The summed E-state index contributed by atoms with van der Waals surface area (Å²) < 4.78 is 5.56. The standard InChI is InChI=1S/C15H23NO2.ClH/c1-4-15(5-2)12-9-11(17)7-6-10(12)8-13(18-3)14(15)16;/h6-7,9,13-14,17H,4-5,8,16H2,1-3H3;1H/t13-,14+;/m0./s1. The van der Waals surface area contributed by atoms with Crippen molar-refractivity contribution in [2.24, 2.45) is 5.73 Å². The van der Waals surface area contributed by atoms with Gasteiger partial charge in [0.2, 0.25) is 0 Å². The Kier molecular flexibility index (Phi) is 5.25. The summed E-state index contributed by atoms with van der Waals surface area (Å²) in [4.78, 5) is 0. The number of phenols is 1. The summed E-state index contributed by atoms with van der Waals surface area (Å²) in [7, 11) is 1.73. The first-order chi connectivity index (χ1) is 8.58. The lowest BCUT2D eigenvalue weighted by Crippen LogP contribution is -2.56. The van der Waals surface area contributed by atoms with E-state index < -0.39 is 0 Å². The maximum atomic E-state index is 9.75. The zero-order chi connectivity index (χ0) is 13.3. The van der Waals surface area contributed by atoms with Crippen LogP contribution in [0.5, 0.6) is 5.75 Å². The molecule has 2 atom stereocenters. The molecule has 2 rings (SSSR count). The molecule has 4 heteroatoms. The Morgan fingerprint density at radius 1 is 1.37 bits per heavy atom. The van der Waals surface area contributed by atoms with E-state index in [-0.39, 0.29) is 30.0 Å². The molecule has 1 aliphatic carbocycles. The van der Waals surface area contributed by atoms with Gasteiger partial charge in [-0.15, -0.1) is 12.4 Å². The normalized spacial score (nSPS) is 24.4. The van der Waals surface area contributed by atoms with Crippen LogP contribution >= 0.6 is 12.4 Å². The van der Waals surface area contributed by atoms with E-state index in [9.17, 15) is 5.11 Å². The van der Waals surface area contributed by atoms with Gasteiger partial charge >= 0.3 is 0 Å². The Morgan fingerprint density at radius 2 is 2.00 bits per heavy atom. The first-order valence-electron chi connectivity index (χ1n) is 6.69. The number of benzene rings is 1. The van der Waals surface area contributed by atoms with Gasteiger partial charge < -0.3 is 15.6 Å². The number of aromatic hydroxyl groups is 1. The highest BCUT2D eigenvalue weighted by Crippen LogP contribution is 2.43. The van der Waals surface area contributed by atoms with Gasteiger partial charge in [-0.05, 0) is 36.1 Å². The molecule has 108 valence electrons. The fourth-order valence-corrected chi connectivity index (χ4v) is 3.42. The van der Waals surface area contributed by atoms with Crippen molar-refractivity contribution in [3.05, 3.63) is 29.3 Å². The van der Waals surface area contributed by atoms with Crippen LogP contribution in [0.15, 0.2) is 18.2 Å². The summed E-state index contributed by atoms with van der Waals surface area (Å²) in [6.45, 7) is 4.32. The predicted octanol–water partition coefficient (Wildman–Crippen LogP) is 2.77. The van der Waals surface area contributed by atoms with Gasteiger partial charge in [0.15, 0.2) is 0 Å². The molecule has 0 radical (unpaired) electrons. The number of hydrogen-bond acceptors (Lipinski definition) is 3. The van der Waals surface area contributed by atoms with Crippen molar-refractivity contribution in [2.45, 2.75) is 50.7 Å². The van der Waals surface area contributed by atoms with Crippen molar-refractivity contribution in [1.82, 2.24) is 0 Å². The Balaban J connectivity index is 0.00000180. The van der Waals surface area contributed by atoms with Gasteiger partial charge in [0.1, 0.15) is 5.75 Å². The molecule has 0 saturated carbocycles. The number of nitrogens with two attached hydrogens (primary N) is 1. The maximum Gasteiger partial charge on any atom is 0.115 e. The van der Waals surface area contributed by atoms with Gasteiger partial charge in [-0.2, -0.15) is 0 Å². The summed E-state index contributed by atoms with van der Waals surface area (Å²) in [5.74, 6) is 0.322. The summed E-state index contributed by atoms with van der Waals surface area (Å²) in [6.07, 6.45) is 2.80. The van der Waals surface area contributed by atoms with E-state index in [0.29, 0.717) is 5.75 Å². The molecule has 0 saturated heterocycles. The van der Waals surface area contributed by atoms with Crippen LogP contribution in [-0.2, 0) is 16.6 Å². The van der Waals surface area contributed by atoms with E-state index in [2.05, 4.69) is 13.8 Å². The van der Waals surface area contributed by atoms with E-state index in [1.165, 1.54) is 11.1 Å². The monoisotopic (exact) mass is 285 g/mol. The van der Waals surface area contributed by atoms with Gasteiger partial charge in [-0.1, -0.05) is 19.9 Å². The molecule has 0 unspecified atom stereocenters. The lowest BCUT2D eigenvalue weighted by atomic mass is 9.63. The fourth-order valence-electron chi connectivity index (χ4n) is 3.42. The molecule has 0 spiro atoms. The van der Waals surface area contributed by atoms with Gasteiger partial charge in [0.25, 0.3) is 0 Å². The van der Waals surface area contributed by atoms with Gasteiger partial charge in [0, 0.05) is 25.0 Å². The SMILES string of the molecule is CCC1(CC)c2cc(O)ccc2C[C@H](OC)[C@H]1N.Cl. The lowest BCUT2D eigenvalue weighted by molar-refractivity contribution is 0.0399. The first kappa shape index (κ1) is 16.3. The molecule has 1 aliphatic rings. The molecule has 1 aromatic carbocycles. The van der Waals surface area contributed by atoms with Gasteiger partial charge in [-0.25, -0.2) is 0 Å². The molecular weight excluding hydrogens is 262 g/mol. The van der Waals surface area contributed by atoms with Gasteiger partial charge in [-0.3, -0.25) is 0 Å². The molecule has 1 aromatic rings. The van der Waals surface area contributed by atoms with E-state index in [1.54, 1.807) is 13.2 Å². The highest BCUT2D eigenvalue weighted by Gasteiger charge is 2.44. The number of fused-ring (bicyclic) bond motifs is 1. The molecule has 0 aromatic heterocycles. The second-order valence-electron chi connectivity index (χ2n) is 5.21. The third kappa shape index (κ3) is 2.47. The van der Waals surface area contributed by atoms with Crippen LogP contribution in [-0.4, -0.2) is 24.4 Å². The van der Waals surface area contributed by atoms with Gasteiger partial charge in [0.05, 0.1) is 6.10 Å². The van der Waals surface area contributed by atoms with Crippen LogP contribution in [0.25, 0.3) is 0 Å². The van der Waals surface area contributed by atoms with E-state index in [1.807, 2.05) is 12.1 Å². The Morgan fingerprint density at radius 3 is 2.53 bits per heavy atom. The van der Waals surface area contributed by atoms with Crippen LogP contribution in [0, 0.1) is 0 Å². The maximum absolute atomic E-state index is 9.75. The van der Waals surface area contributed by atoms with Crippen LogP contribution < -0.4 is 5.73 Å². The number of methoxy groups -OCH3 is 1. The second kappa shape index (κ2) is 6.12. The molecule has 0 bridgehead atoms. The van der Waals surface area contributed by atoms with Crippen LogP contribution in [0.1, 0.15) is 37.8 Å². The Hall–Kier alpha value is -0.770. The molecule has 3 N–H and O–H groups in total. The fraction of sp³-hybridized carbons (Fsp3) is 0.600. The molecule has 0 amide bonds. The number of ether oxygens (including phenoxy) is 1. The number of halogens is 1. The smallest absolute Gasteiger partial charge is 0.115 e. The van der Waals surface area contributed by atoms with Crippen LogP contribution in [0.3, 0.4) is 0 Å². The highest BCUT2D eigenvalue weighted by atomic mass is 35.5. The summed E-state index contributed by atoms with van der Waals surface area (Å²) in [5, 5.41) is 9.75. The third-order valence-corrected chi connectivity index (χ3v) is 4.65. The first-order valence-corrected chi connectivity index (χ1v) is 6.69. The molecule has 0 aliphatic heterocycles. The number of phenolic OH excluding ortho intramolecular Hbond substituents is 1. The zero-order valence-corrected chi connectivity index (χ0v) is 12.7. The van der Waals surface area contributed by atoms with Crippen molar-refractivity contribution >= 4 is 12.4 Å². The topological polar surface area (TPSA) is 55.5 Å². The minimum Gasteiger partial charge on any atom is -0.508 e. The van der Waals surface area contributed by atoms with Crippen LogP contribution in [0.2, 0.25) is 0 Å². The third-order valence-electron chi connectivity index (χ3n) is 4.65. The van der Waals surface area contributed by atoms with Crippen molar-refractivity contribution in [3.8, 4) is 5.75 Å². The van der Waals surface area contributed by atoms with Crippen molar-refractivity contribution in [1.29, 1.82) is 0 Å². The quantitative estimate of drug-likeness (QED) is 0.898. The van der Waals surface area contributed by atoms with E-state index in [0.717, 1.165) is 19.3 Å². The highest BCUT2D eigenvalue weighted by molar-refractivity contribution is 5.85. The minimum absolute atomic E-state index is 0. The van der Waals surface area contributed by atoms with Crippen molar-refractivity contribution < 1.29 is 9.84 Å². The molecule has 0 heterocycles. The Labute approximate surface area is 121 Å². The summed E-state index contributed by atoms with van der Waals surface area (Å²) in [6, 6.07) is 5.61. The average molecular weight is 286 g/mol. The molecule has 0 fully saturated rings. The molecular formula is C15H24ClNO2. The largest absolute Gasteiger partial charge is 0.508 e. The second-order valence-corrected chi connectivity index (χ2v) is 5.21. The van der Waals surface area contributed by atoms with Crippen LogP contribution in [0.4, 0.5) is 0 Å². The number of rotatable bonds is 3. The van der Waals surface area contributed by atoms with E-state index >= 15 is 0 Å². The average Bonchev–Trinajstić information content (AvgIpc) is 2.39. The van der Waals surface area contributed by atoms with Crippen molar-refractivity contribution in [3.63, 3.8) is 0 Å². The summed E-state index contributed by atoms with van der Waals surface area (Å²) >= 11 is 0. The summed E-state index contributed by atoms with van der Waals surface area (Å²) in [5.41, 5.74) is 8.81. The Bertz CT molecular complexity index is 432. The van der Waals surface area contributed by atoms with E-state index in [4.69, 9.17) is 10.5 Å².